The van der Waals surface area contributed by atoms with Crippen molar-refractivity contribution in [1.29, 1.82) is 0 Å². The van der Waals surface area contributed by atoms with Gasteiger partial charge in [0, 0.05) is 34.6 Å². The molecule has 0 radical (unpaired) electrons. The summed E-state index contributed by atoms with van der Waals surface area (Å²) >= 11 is 0. The molecule has 0 spiro atoms. The number of aromatic nitrogens is 1. The normalized spacial score (nSPS) is 25.8. The van der Waals surface area contributed by atoms with Gasteiger partial charge in [0.15, 0.2) is 0 Å². The van der Waals surface area contributed by atoms with Gasteiger partial charge in [-0.3, -0.25) is 0 Å². The van der Waals surface area contributed by atoms with E-state index in [1.807, 2.05) is 0 Å². The number of benzene rings is 5. The van der Waals surface area contributed by atoms with Crippen LogP contribution < -0.4 is 9.80 Å². The predicted molar refractivity (Wildman–Crippen MR) is 219 cm³/mol. The van der Waals surface area contributed by atoms with Crippen molar-refractivity contribution < 1.29 is 0 Å². The quantitative estimate of drug-likeness (QED) is 0.183. The topological polar surface area (TPSA) is 11.4 Å². The zero-order valence-electron chi connectivity index (χ0n) is 31.5. The van der Waals surface area contributed by atoms with Crippen molar-refractivity contribution in [2.75, 3.05) is 23.5 Å². The van der Waals surface area contributed by atoms with Crippen LogP contribution in [0.15, 0.2) is 115 Å². The standard InChI is InChI=1S/C49H53N3/c1-48(2,3)34-28-35(30-37(29-34)51-32-50(4)45-24-14-15-25-46(45)51)49(42-21-11-8-18-38(42)39-19-9-12-22-43(39)49)33-26-27-41-40-20-10-13-23-44(40)52(47(41)31-33)36-16-6-5-7-17-36/h5-7,10,13-17,20,23-31,38-39,42-43H,8-9,11-12,18-19,21-22,32H2,1-4H3. The molecule has 0 saturated heterocycles. The summed E-state index contributed by atoms with van der Waals surface area (Å²) in [6.07, 6.45) is 11.0. The van der Waals surface area contributed by atoms with Crippen LogP contribution in [0, 0.1) is 23.7 Å². The first-order chi connectivity index (χ1) is 25.3. The van der Waals surface area contributed by atoms with Crippen LogP contribution in [-0.2, 0) is 10.8 Å². The van der Waals surface area contributed by atoms with Gasteiger partial charge in [0.2, 0.25) is 0 Å². The van der Waals surface area contributed by atoms with E-state index in [-0.39, 0.29) is 10.8 Å². The first-order valence-electron chi connectivity index (χ1n) is 20.2. The number of fused-ring (bicyclic) bond motifs is 7. The summed E-state index contributed by atoms with van der Waals surface area (Å²) in [6.45, 7) is 8.12. The zero-order chi connectivity index (χ0) is 35.2. The Morgan fingerprint density at radius 1 is 0.558 bits per heavy atom. The van der Waals surface area contributed by atoms with E-state index in [0.29, 0.717) is 11.8 Å². The maximum Gasteiger partial charge on any atom is 0.0950 e. The monoisotopic (exact) mass is 683 g/mol. The van der Waals surface area contributed by atoms with Crippen LogP contribution in [0.3, 0.4) is 0 Å². The average Bonchev–Trinajstić information content (AvgIpc) is 3.80. The van der Waals surface area contributed by atoms with Gasteiger partial charge in [-0.2, -0.15) is 0 Å². The second-order valence-corrected chi connectivity index (χ2v) is 17.7. The van der Waals surface area contributed by atoms with E-state index in [1.165, 1.54) is 101 Å². The fourth-order valence-electron chi connectivity index (χ4n) is 11.9. The highest BCUT2D eigenvalue weighted by Gasteiger charge is 2.61. The van der Waals surface area contributed by atoms with Crippen LogP contribution in [0.4, 0.5) is 17.1 Å². The summed E-state index contributed by atoms with van der Waals surface area (Å²) in [4.78, 5) is 5.00. The molecule has 0 N–H and O–H groups in total. The minimum atomic E-state index is -0.0382. The molecule has 3 aliphatic carbocycles. The SMILES string of the molecule is CN1CN(c2cc(C(C)(C)C)cc(C3(c4ccc5c6ccccc6n(-c6ccccc6)c5c4)C4CCCCC4C4CCCCC43)c2)c2ccccc21. The molecule has 4 aliphatic rings. The molecule has 2 heterocycles. The average molecular weight is 684 g/mol. The highest BCUT2D eigenvalue weighted by atomic mass is 15.4. The Labute approximate surface area is 310 Å². The molecule has 5 aromatic carbocycles. The van der Waals surface area contributed by atoms with Crippen molar-refractivity contribution in [3.8, 4) is 5.69 Å². The van der Waals surface area contributed by atoms with Crippen LogP contribution in [-0.4, -0.2) is 18.3 Å². The number of para-hydroxylation sites is 4. The highest BCUT2D eigenvalue weighted by Crippen LogP contribution is 2.67. The lowest BCUT2D eigenvalue weighted by atomic mass is 9.58. The van der Waals surface area contributed by atoms with Gasteiger partial charge in [-0.15, -0.1) is 0 Å². The van der Waals surface area contributed by atoms with E-state index >= 15 is 0 Å². The molecule has 264 valence electrons. The molecular weight excluding hydrogens is 631 g/mol. The van der Waals surface area contributed by atoms with Crippen molar-refractivity contribution >= 4 is 38.9 Å². The van der Waals surface area contributed by atoms with Gasteiger partial charge in [-0.25, -0.2) is 0 Å². The molecule has 3 fully saturated rings. The summed E-state index contributed by atoms with van der Waals surface area (Å²) in [6, 6.07) is 44.7. The first kappa shape index (κ1) is 32.2. The van der Waals surface area contributed by atoms with Crippen LogP contribution in [0.5, 0.6) is 0 Å². The predicted octanol–water partition coefficient (Wildman–Crippen LogP) is 12.5. The third kappa shape index (κ3) is 4.70. The lowest BCUT2D eigenvalue weighted by Gasteiger charge is -2.46. The number of anilines is 3. The van der Waals surface area contributed by atoms with Crippen molar-refractivity contribution in [2.24, 2.45) is 23.7 Å². The molecule has 3 heteroatoms. The number of hydrogen-bond donors (Lipinski definition) is 0. The molecule has 3 saturated carbocycles. The maximum atomic E-state index is 2.69. The summed E-state index contributed by atoms with van der Waals surface area (Å²) < 4.78 is 2.54. The third-order valence-corrected chi connectivity index (χ3v) is 14.0. The van der Waals surface area contributed by atoms with E-state index in [0.717, 1.165) is 18.5 Å². The third-order valence-electron chi connectivity index (χ3n) is 14.0. The molecule has 1 aliphatic heterocycles. The summed E-state index contributed by atoms with van der Waals surface area (Å²) in [5.41, 5.74) is 12.5. The lowest BCUT2D eigenvalue weighted by molar-refractivity contribution is 0.184. The van der Waals surface area contributed by atoms with Crippen LogP contribution in [0.25, 0.3) is 27.5 Å². The number of rotatable bonds is 4. The van der Waals surface area contributed by atoms with Gasteiger partial charge >= 0.3 is 0 Å². The van der Waals surface area contributed by atoms with Gasteiger partial charge in [0.25, 0.3) is 0 Å². The molecule has 4 unspecified atom stereocenters. The van der Waals surface area contributed by atoms with Gasteiger partial charge in [-0.05, 0) is 120 Å². The highest BCUT2D eigenvalue weighted by molar-refractivity contribution is 6.09. The van der Waals surface area contributed by atoms with Crippen LogP contribution in [0.2, 0.25) is 0 Å². The molecule has 4 atom stereocenters. The molecule has 3 nitrogen and oxygen atoms in total. The molecule has 10 rings (SSSR count). The second-order valence-electron chi connectivity index (χ2n) is 17.7. The van der Waals surface area contributed by atoms with E-state index < -0.39 is 0 Å². The van der Waals surface area contributed by atoms with E-state index in [2.05, 4.69) is 157 Å². The van der Waals surface area contributed by atoms with E-state index in [1.54, 1.807) is 11.1 Å². The van der Waals surface area contributed by atoms with Crippen molar-refractivity contribution in [2.45, 2.75) is 83.0 Å². The Hall–Kier alpha value is -4.50. The minimum Gasteiger partial charge on any atom is -0.355 e. The molecule has 6 aromatic rings. The van der Waals surface area contributed by atoms with Gasteiger partial charge in [0.05, 0.1) is 29.1 Å². The van der Waals surface area contributed by atoms with Crippen LogP contribution >= 0.6 is 0 Å². The molecule has 1 aromatic heterocycles. The number of nitrogens with zero attached hydrogens (tertiary/aromatic N) is 3. The van der Waals surface area contributed by atoms with Crippen LogP contribution in [0.1, 0.15) is 88.8 Å². The van der Waals surface area contributed by atoms with Crippen molar-refractivity contribution in [3.63, 3.8) is 0 Å². The van der Waals surface area contributed by atoms with Gasteiger partial charge in [-0.1, -0.05) is 113 Å². The Kier molecular flexibility index (Phi) is 7.44. The largest absolute Gasteiger partial charge is 0.355 e. The summed E-state index contributed by atoms with van der Waals surface area (Å²) in [5.74, 6) is 2.90. The van der Waals surface area contributed by atoms with Gasteiger partial charge < -0.3 is 14.4 Å². The van der Waals surface area contributed by atoms with E-state index in [4.69, 9.17) is 0 Å². The lowest BCUT2D eigenvalue weighted by Crippen LogP contribution is -2.41. The molecular formula is C49H53N3. The Morgan fingerprint density at radius 3 is 1.92 bits per heavy atom. The Bertz CT molecular complexity index is 2270. The maximum absolute atomic E-state index is 2.69. The van der Waals surface area contributed by atoms with Crippen molar-refractivity contribution in [3.05, 3.63) is 132 Å². The fourth-order valence-corrected chi connectivity index (χ4v) is 11.9. The summed E-state index contributed by atoms with van der Waals surface area (Å²) in [7, 11) is 2.24. The number of hydrogen-bond acceptors (Lipinski definition) is 2. The van der Waals surface area contributed by atoms with Gasteiger partial charge in [0.1, 0.15) is 0 Å². The van der Waals surface area contributed by atoms with E-state index in [9.17, 15) is 0 Å². The Balaban J connectivity index is 1.28. The fraction of sp³-hybridized carbons (Fsp3) is 0.388. The first-order valence-corrected chi connectivity index (χ1v) is 20.2. The minimum absolute atomic E-state index is 0.0251. The Morgan fingerprint density at radius 2 is 1.19 bits per heavy atom. The second kappa shape index (κ2) is 12.0. The smallest absolute Gasteiger partial charge is 0.0950 e. The summed E-state index contributed by atoms with van der Waals surface area (Å²) in [5, 5.41) is 2.70. The molecule has 0 amide bonds. The zero-order valence-corrected chi connectivity index (χ0v) is 31.5. The molecule has 52 heavy (non-hydrogen) atoms. The van der Waals surface area contributed by atoms with Crippen molar-refractivity contribution in [1.82, 2.24) is 4.57 Å². The molecule has 0 bridgehead atoms.